The van der Waals surface area contributed by atoms with E-state index < -0.39 is 8.32 Å². The zero-order chi connectivity index (χ0) is 13.9. The maximum absolute atomic E-state index is 6.06. The lowest BCUT2D eigenvalue weighted by atomic mass is 10.2. The van der Waals surface area contributed by atoms with E-state index in [1.54, 1.807) is 6.20 Å². The molecule has 1 aromatic heterocycles. The van der Waals surface area contributed by atoms with Crippen molar-refractivity contribution in [3.63, 3.8) is 0 Å². The summed E-state index contributed by atoms with van der Waals surface area (Å²) < 4.78 is 6.06. The highest BCUT2D eigenvalue weighted by Gasteiger charge is 2.18. The number of para-hydroxylation sites is 2. The van der Waals surface area contributed by atoms with Gasteiger partial charge in [0.1, 0.15) is 11.4 Å². The fraction of sp³-hybridized carbons (Fsp3) is 0.286. The summed E-state index contributed by atoms with van der Waals surface area (Å²) in [6, 6.07) is 9.78. The molecule has 1 aromatic carbocycles. The summed E-state index contributed by atoms with van der Waals surface area (Å²) >= 11 is 0. The van der Waals surface area contributed by atoms with Crippen molar-refractivity contribution in [1.82, 2.24) is 10.2 Å². The molecule has 0 amide bonds. The molecule has 1 N–H and O–H groups in total. The van der Waals surface area contributed by atoms with Gasteiger partial charge in [0.25, 0.3) is 0 Å². The third-order valence-corrected chi connectivity index (χ3v) is 3.29. The number of nitrogens with zero attached hydrogens (tertiary/aromatic N) is 2. The maximum Gasteiger partial charge on any atom is 0.242 e. The van der Waals surface area contributed by atoms with Crippen LogP contribution in [0.5, 0.6) is 5.75 Å². The van der Waals surface area contributed by atoms with Gasteiger partial charge in [-0.15, -0.1) is 0 Å². The maximum atomic E-state index is 6.06. The Kier molecular flexibility index (Phi) is 3.85. The molecule has 100 valence electrons. The van der Waals surface area contributed by atoms with Crippen LogP contribution in [0.15, 0.2) is 41.5 Å². The van der Waals surface area contributed by atoms with Crippen molar-refractivity contribution in [1.29, 1.82) is 0 Å². The van der Waals surface area contributed by atoms with Crippen LogP contribution in [0, 0.1) is 0 Å². The Morgan fingerprint density at radius 1 is 1.21 bits per heavy atom. The van der Waals surface area contributed by atoms with E-state index >= 15 is 0 Å². The summed E-state index contributed by atoms with van der Waals surface area (Å²) in [5, 5.41) is 6.85. The van der Waals surface area contributed by atoms with E-state index in [4.69, 9.17) is 4.43 Å². The molecule has 0 aliphatic carbocycles. The summed E-state index contributed by atoms with van der Waals surface area (Å²) in [7, 11) is -1.64. The molecular formula is C14H19N3OSi. The molecular weight excluding hydrogens is 254 g/mol. The third-order valence-electron chi connectivity index (χ3n) is 2.46. The van der Waals surface area contributed by atoms with Crippen LogP contribution in [-0.4, -0.2) is 24.2 Å². The lowest BCUT2D eigenvalue weighted by Crippen LogP contribution is -2.29. The van der Waals surface area contributed by atoms with Gasteiger partial charge in [-0.3, -0.25) is 5.10 Å². The molecule has 5 heteroatoms. The van der Waals surface area contributed by atoms with Crippen LogP contribution in [0.2, 0.25) is 19.6 Å². The van der Waals surface area contributed by atoms with E-state index in [-0.39, 0.29) is 0 Å². The summed E-state index contributed by atoms with van der Waals surface area (Å²) in [5.41, 5.74) is 2.67. The fourth-order valence-electron chi connectivity index (χ4n) is 1.66. The highest BCUT2D eigenvalue weighted by molar-refractivity contribution is 6.70. The van der Waals surface area contributed by atoms with Crippen molar-refractivity contribution in [2.24, 2.45) is 4.99 Å². The molecule has 4 nitrogen and oxygen atoms in total. The summed E-state index contributed by atoms with van der Waals surface area (Å²) in [6.07, 6.45) is 1.72. The molecule has 1 heterocycles. The van der Waals surface area contributed by atoms with E-state index in [2.05, 4.69) is 34.8 Å². The molecule has 0 unspecified atom stereocenters. The smallest absolute Gasteiger partial charge is 0.242 e. The van der Waals surface area contributed by atoms with E-state index in [1.807, 2.05) is 37.3 Å². The van der Waals surface area contributed by atoms with E-state index in [9.17, 15) is 0 Å². The average molecular weight is 273 g/mol. The number of hydrogen-bond donors (Lipinski definition) is 1. The number of rotatable bonds is 4. The number of nitrogens with one attached hydrogen (secondary N) is 1. The Bertz CT molecular complexity index is 571. The minimum Gasteiger partial charge on any atom is -0.543 e. The quantitative estimate of drug-likeness (QED) is 0.681. The Morgan fingerprint density at radius 3 is 2.58 bits per heavy atom. The molecule has 0 bridgehead atoms. The largest absolute Gasteiger partial charge is 0.543 e. The molecule has 0 aliphatic rings. The number of H-pyrrole nitrogens is 1. The van der Waals surface area contributed by atoms with Crippen molar-refractivity contribution in [3.05, 3.63) is 42.2 Å². The van der Waals surface area contributed by atoms with Gasteiger partial charge in [0.15, 0.2) is 0 Å². The first kappa shape index (κ1) is 13.5. The van der Waals surface area contributed by atoms with E-state index in [0.717, 1.165) is 22.8 Å². The van der Waals surface area contributed by atoms with E-state index in [1.165, 1.54) is 0 Å². The van der Waals surface area contributed by atoms with Crippen molar-refractivity contribution in [2.45, 2.75) is 26.6 Å². The Hall–Kier alpha value is -1.88. The number of hydrogen-bond acceptors (Lipinski definition) is 3. The van der Waals surface area contributed by atoms with Crippen molar-refractivity contribution in [2.75, 3.05) is 0 Å². The number of benzene rings is 1. The van der Waals surface area contributed by atoms with Crippen molar-refractivity contribution < 1.29 is 4.43 Å². The normalized spacial score (nSPS) is 12.5. The Morgan fingerprint density at radius 2 is 1.95 bits per heavy atom. The van der Waals surface area contributed by atoms with Crippen molar-refractivity contribution in [3.8, 4) is 5.75 Å². The third kappa shape index (κ3) is 3.79. The molecule has 0 atom stereocenters. The van der Waals surface area contributed by atoms with Crippen LogP contribution in [0.1, 0.15) is 12.6 Å². The lowest BCUT2D eigenvalue weighted by molar-refractivity contribution is 0.559. The monoisotopic (exact) mass is 273 g/mol. The number of aromatic amines is 1. The van der Waals surface area contributed by atoms with E-state index in [0.29, 0.717) is 0 Å². The first-order valence-electron chi connectivity index (χ1n) is 6.29. The van der Waals surface area contributed by atoms with Gasteiger partial charge in [0, 0.05) is 6.20 Å². The second-order valence-electron chi connectivity index (χ2n) is 5.35. The molecule has 2 aromatic rings. The first-order valence-corrected chi connectivity index (χ1v) is 9.69. The van der Waals surface area contributed by atoms with Gasteiger partial charge in [-0.05, 0) is 44.8 Å². The standard InChI is InChI=1S/C14H19N3OSi/c1-11(12-9-10-15-17-12)16-13-7-5-6-8-14(13)18-19(2,3)4/h5-10H,1-4H3,(H,15,17). The average Bonchev–Trinajstić information content (AvgIpc) is 2.83. The Balaban J connectivity index is 2.33. The second kappa shape index (κ2) is 5.40. The lowest BCUT2D eigenvalue weighted by Gasteiger charge is -2.20. The molecule has 0 saturated carbocycles. The van der Waals surface area contributed by atoms with Crippen LogP contribution in [-0.2, 0) is 0 Å². The van der Waals surface area contributed by atoms with Gasteiger partial charge in [-0.1, -0.05) is 12.1 Å². The first-order chi connectivity index (χ1) is 8.96. The van der Waals surface area contributed by atoms with Gasteiger partial charge < -0.3 is 4.43 Å². The topological polar surface area (TPSA) is 50.3 Å². The second-order valence-corrected chi connectivity index (χ2v) is 9.78. The minimum absolute atomic E-state index is 0.848. The Labute approximate surface area is 114 Å². The highest BCUT2D eigenvalue weighted by atomic mass is 28.4. The molecule has 0 saturated heterocycles. The summed E-state index contributed by atoms with van der Waals surface area (Å²) in [5.74, 6) is 0.848. The summed E-state index contributed by atoms with van der Waals surface area (Å²) in [6.45, 7) is 8.44. The number of aromatic nitrogens is 2. The van der Waals surface area contributed by atoms with Crippen LogP contribution >= 0.6 is 0 Å². The molecule has 0 spiro atoms. The van der Waals surface area contributed by atoms with Crippen molar-refractivity contribution >= 4 is 19.7 Å². The summed E-state index contributed by atoms with van der Waals surface area (Å²) in [4.78, 5) is 4.63. The minimum atomic E-state index is -1.64. The van der Waals surface area contributed by atoms with Gasteiger partial charge in [0.2, 0.25) is 8.32 Å². The number of aliphatic imine (C=N–C) groups is 1. The highest BCUT2D eigenvalue weighted by Crippen LogP contribution is 2.29. The van der Waals surface area contributed by atoms with Crippen LogP contribution in [0.3, 0.4) is 0 Å². The predicted octanol–water partition coefficient (Wildman–Crippen LogP) is 3.76. The van der Waals surface area contributed by atoms with Crippen LogP contribution in [0.25, 0.3) is 0 Å². The van der Waals surface area contributed by atoms with Gasteiger partial charge in [-0.25, -0.2) is 4.99 Å². The SMILES string of the molecule is CC(=Nc1ccccc1O[Si](C)(C)C)c1ccn[nH]1. The molecule has 0 fully saturated rings. The zero-order valence-corrected chi connectivity index (χ0v) is 12.8. The molecule has 0 radical (unpaired) electrons. The molecule has 0 aliphatic heterocycles. The van der Waals surface area contributed by atoms with Gasteiger partial charge in [0.05, 0.1) is 11.4 Å². The molecule has 19 heavy (non-hydrogen) atoms. The zero-order valence-electron chi connectivity index (χ0n) is 11.8. The fourth-order valence-corrected chi connectivity index (χ4v) is 2.50. The van der Waals surface area contributed by atoms with Crippen LogP contribution in [0.4, 0.5) is 5.69 Å². The predicted molar refractivity (Wildman–Crippen MR) is 80.9 cm³/mol. The van der Waals surface area contributed by atoms with Crippen LogP contribution < -0.4 is 4.43 Å². The van der Waals surface area contributed by atoms with Gasteiger partial charge >= 0.3 is 0 Å². The van der Waals surface area contributed by atoms with Gasteiger partial charge in [-0.2, -0.15) is 5.10 Å². The molecule has 2 rings (SSSR count).